The molecule has 2 rings (SSSR count). The van der Waals surface area contributed by atoms with Gasteiger partial charge in [0, 0.05) is 12.6 Å². The van der Waals surface area contributed by atoms with Gasteiger partial charge < -0.3 is 10.6 Å². The molecule has 2 N–H and O–H groups in total. The van der Waals surface area contributed by atoms with Crippen LogP contribution in [0.15, 0.2) is 18.2 Å². The molecule has 3 heteroatoms. The summed E-state index contributed by atoms with van der Waals surface area (Å²) in [6.07, 6.45) is 2.72. The van der Waals surface area contributed by atoms with E-state index in [4.69, 9.17) is 0 Å². The molecule has 0 aliphatic carbocycles. The Hall–Kier alpha value is -1.35. The highest BCUT2D eigenvalue weighted by Gasteiger charge is 2.15. The Kier molecular flexibility index (Phi) is 4.37. The molecule has 0 aromatic heterocycles. The molecule has 0 saturated carbocycles. The van der Waals surface area contributed by atoms with Crippen LogP contribution in [-0.4, -0.2) is 25.0 Å². The molecular weight excluding hydrogens is 224 g/mol. The summed E-state index contributed by atoms with van der Waals surface area (Å²) in [6, 6.07) is 6.53. The molecule has 0 bridgehead atoms. The summed E-state index contributed by atoms with van der Waals surface area (Å²) in [7, 11) is 0. The van der Waals surface area contributed by atoms with Crippen LogP contribution in [-0.2, 0) is 11.2 Å². The van der Waals surface area contributed by atoms with Crippen LogP contribution in [0.5, 0.6) is 0 Å². The lowest BCUT2D eigenvalue weighted by Gasteiger charge is -2.23. The Morgan fingerprint density at radius 2 is 2.22 bits per heavy atom. The van der Waals surface area contributed by atoms with Crippen molar-refractivity contribution >= 4 is 5.91 Å². The largest absolute Gasteiger partial charge is 0.352 e. The number of hydrogen-bond donors (Lipinski definition) is 2. The third-order valence-corrected chi connectivity index (χ3v) is 3.60. The maximum atomic E-state index is 11.9. The summed E-state index contributed by atoms with van der Waals surface area (Å²) in [5, 5.41) is 6.41. The van der Waals surface area contributed by atoms with E-state index < -0.39 is 0 Å². The minimum absolute atomic E-state index is 0.131. The van der Waals surface area contributed by atoms with Gasteiger partial charge in [-0.1, -0.05) is 18.2 Å². The van der Waals surface area contributed by atoms with Gasteiger partial charge in [0.05, 0.1) is 6.42 Å². The second-order valence-corrected chi connectivity index (χ2v) is 5.21. The zero-order chi connectivity index (χ0) is 13.0. The number of carbonyl (C=O) groups excluding carboxylic acids is 1. The van der Waals surface area contributed by atoms with E-state index in [9.17, 15) is 4.79 Å². The number of rotatable bonds is 3. The lowest BCUT2D eigenvalue weighted by Crippen LogP contribution is -2.46. The standard InChI is InChI=1S/C15H22N2O/c1-11-5-6-13(8-12(11)2)9-15(18)17-14-4-3-7-16-10-14/h5-6,8,14,16H,3-4,7,9-10H2,1-2H3,(H,17,18)/t14-/m0/s1. The summed E-state index contributed by atoms with van der Waals surface area (Å²) in [5.41, 5.74) is 3.62. The molecule has 98 valence electrons. The minimum Gasteiger partial charge on any atom is -0.352 e. The van der Waals surface area contributed by atoms with Crippen molar-refractivity contribution in [1.82, 2.24) is 10.6 Å². The Bertz CT molecular complexity index is 423. The Morgan fingerprint density at radius 3 is 2.89 bits per heavy atom. The van der Waals surface area contributed by atoms with Gasteiger partial charge >= 0.3 is 0 Å². The van der Waals surface area contributed by atoms with Crippen molar-refractivity contribution < 1.29 is 4.79 Å². The van der Waals surface area contributed by atoms with E-state index in [0.29, 0.717) is 12.5 Å². The highest BCUT2D eigenvalue weighted by molar-refractivity contribution is 5.79. The maximum absolute atomic E-state index is 11.9. The average Bonchev–Trinajstić information content (AvgIpc) is 2.35. The summed E-state index contributed by atoms with van der Waals surface area (Å²) < 4.78 is 0. The Morgan fingerprint density at radius 1 is 1.39 bits per heavy atom. The number of aryl methyl sites for hydroxylation is 2. The fourth-order valence-corrected chi connectivity index (χ4v) is 2.35. The summed E-state index contributed by atoms with van der Waals surface area (Å²) in [6.45, 7) is 6.15. The second-order valence-electron chi connectivity index (χ2n) is 5.21. The van der Waals surface area contributed by atoms with Crippen molar-refractivity contribution in [3.8, 4) is 0 Å². The van der Waals surface area contributed by atoms with Crippen LogP contribution in [0.2, 0.25) is 0 Å². The highest BCUT2D eigenvalue weighted by atomic mass is 16.1. The third-order valence-electron chi connectivity index (χ3n) is 3.60. The van der Waals surface area contributed by atoms with Gasteiger partial charge in [-0.25, -0.2) is 0 Å². The quantitative estimate of drug-likeness (QED) is 0.852. The number of amides is 1. The molecule has 1 saturated heterocycles. The summed E-state index contributed by atoms with van der Waals surface area (Å²) >= 11 is 0. The van der Waals surface area contributed by atoms with E-state index in [1.165, 1.54) is 11.1 Å². The van der Waals surface area contributed by atoms with Crippen molar-refractivity contribution in [1.29, 1.82) is 0 Å². The van der Waals surface area contributed by atoms with Crippen LogP contribution in [0.1, 0.15) is 29.5 Å². The Balaban J connectivity index is 1.88. The van der Waals surface area contributed by atoms with E-state index in [1.807, 2.05) is 6.07 Å². The first-order valence-corrected chi connectivity index (χ1v) is 6.71. The van der Waals surface area contributed by atoms with E-state index in [1.54, 1.807) is 0 Å². The molecule has 1 aromatic carbocycles. The lowest BCUT2D eigenvalue weighted by atomic mass is 10.0. The van der Waals surface area contributed by atoms with Crippen LogP contribution in [0.3, 0.4) is 0 Å². The molecule has 1 aliphatic rings. The van der Waals surface area contributed by atoms with Crippen molar-refractivity contribution in [2.45, 2.75) is 39.2 Å². The van der Waals surface area contributed by atoms with Gasteiger partial charge in [0.25, 0.3) is 0 Å². The van der Waals surface area contributed by atoms with Gasteiger partial charge in [-0.3, -0.25) is 4.79 Å². The molecule has 1 amide bonds. The molecule has 0 unspecified atom stereocenters. The monoisotopic (exact) mass is 246 g/mol. The van der Waals surface area contributed by atoms with Crippen molar-refractivity contribution in [3.05, 3.63) is 34.9 Å². The molecule has 1 heterocycles. The van der Waals surface area contributed by atoms with E-state index in [2.05, 4.69) is 36.6 Å². The predicted molar refractivity (Wildman–Crippen MR) is 73.7 cm³/mol. The smallest absolute Gasteiger partial charge is 0.224 e. The minimum atomic E-state index is 0.131. The van der Waals surface area contributed by atoms with Gasteiger partial charge in [0.1, 0.15) is 0 Å². The first-order valence-electron chi connectivity index (χ1n) is 6.71. The topological polar surface area (TPSA) is 41.1 Å². The van der Waals surface area contributed by atoms with Gasteiger partial charge in [-0.2, -0.15) is 0 Å². The molecule has 0 radical (unpaired) electrons. The molecule has 0 spiro atoms. The normalized spacial score (nSPS) is 19.6. The fourth-order valence-electron chi connectivity index (χ4n) is 2.35. The van der Waals surface area contributed by atoms with Crippen molar-refractivity contribution in [2.24, 2.45) is 0 Å². The number of nitrogens with one attached hydrogen (secondary N) is 2. The zero-order valence-electron chi connectivity index (χ0n) is 11.3. The number of hydrogen-bond acceptors (Lipinski definition) is 2. The van der Waals surface area contributed by atoms with Gasteiger partial charge in [-0.15, -0.1) is 0 Å². The fraction of sp³-hybridized carbons (Fsp3) is 0.533. The molecular formula is C15H22N2O. The van der Waals surface area contributed by atoms with Crippen LogP contribution in [0.25, 0.3) is 0 Å². The van der Waals surface area contributed by atoms with Gasteiger partial charge in [0.2, 0.25) is 5.91 Å². The molecule has 18 heavy (non-hydrogen) atoms. The SMILES string of the molecule is Cc1ccc(CC(=O)N[C@H]2CCCNC2)cc1C. The highest BCUT2D eigenvalue weighted by Crippen LogP contribution is 2.10. The molecule has 1 fully saturated rings. The van der Waals surface area contributed by atoms with Crippen LogP contribution >= 0.6 is 0 Å². The third kappa shape index (κ3) is 3.57. The van der Waals surface area contributed by atoms with Gasteiger partial charge in [-0.05, 0) is 49.9 Å². The van der Waals surface area contributed by atoms with E-state index in [0.717, 1.165) is 31.5 Å². The first kappa shape index (κ1) is 13.1. The number of benzene rings is 1. The predicted octanol–water partition coefficient (Wildman–Crippen LogP) is 1.71. The average molecular weight is 246 g/mol. The number of piperidine rings is 1. The van der Waals surface area contributed by atoms with Crippen LogP contribution < -0.4 is 10.6 Å². The zero-order valence-corrected chi connectivity index (χ0v) is 11.3. The molecule has 3 nitrogen and oxygen atoms in total. The Labute approximate surface area is 109 Å². The van der Waals surface area contributed by atoms with Crippen molar-refractivity contribution in [3.63, 3.8) is 0 Å². The van der Waals surface area contributed by atoms with E-state index >= 15 is 0 Å². The summed E-state index contributed by atoms with van der Waals surface area (Å²) in [4.78, 5) is 11.9. The first-order chi connectivity index (χ1) is 8.65. The molecule has 1 atom stereocenters. The maximum Gasteiger partial charge on any atom is 0.224 e. The second kappa shape index (κ2) is 6.01. The molecule has 1 aliphatic heterocycles. The van der Waals surface area contributed by atoms with Crippen LogP contribution in [0, 0.1) is 13.8 Å². The molecule has 1 aromatic rings. The van der Waals surface area contributed by atoms with Crippen LogP contribution in [0.4, 0.5) is 0 Å². The van der Waals surface area contributed by atoms with Gasteiger partial charge in [0.15, 0.2) is 0 Å². The number of carbonyl (C=O) groups is 1. The van der Waals surface area contributed by atoms with Crippen molar-refractivity contribution in [2.75, 3.05) is 13.1 Å². The lowest BCUT2D eigenvalue weighted by molar-refractivity contribution is -0.121. The van der Waals surface area contributed by atoms with E-state index in [-0.39, 0.29) is 5.91 Å². The summed E-state index contributed by atoms with van der Waals surface area (Å²) in [5.74, 6) is 0.131.